The minimum atomic E-state index is 0.160. The molecule has 2 aromatic heterocycles. The number of pyridine rings is 1. The molecule has 484 valence electrons. The van der Waals surface area contributed by atoms with E-state index < -0.39 is 0 Å². The Kier molecular flexibility index (Phi) is 18.0. The van der Waals surface area contributed by atoms with E-state index in [1.165, 1.54) is 125 Å². The highest BCUT2D eigenvalue weighted by Gasteiger charge is 2.34. The lowest BCUT2D eigenvalue weighted by Gasteiger charge is -2.27. The monoisotopic (exact) mass is 1300 g/mol. The second kappa shape index (κ2) is 28.9. The third kappa shape index (κ3) is 13.2. The first-order chi connectivity index (χ1) is 50.4. The zero-order chi connectivity index (χ0) is 68.6. The lowest BCUT2D eigenvalue weighted by atomic mass is 9.76. The Balaban J connectivity index is 0.0000000923. The van der Waals surface area contributed by atoms with Crippen molar-refractivity contribution in [3.8, 4) is 11.1 Å². The van der Waals surface area contributed by atoms with Crippen LogP contribution in [0.3, 0.4) is 0 Å². The molecule has 16 aromatic carbocycles. The van der Waals surface area contributed by atoms with E-state index in [9.17, 15) is 0 Å². The highest BCUT2D eigenvalue weighted by Crippen LogP contribution is 2.48. The van der Waals surface area contributed by atoms with Crippen molar-refractivity contribution in [2.45, 2.75) is 19.3 Å². The van der Waals surface area contributed by atoms with Crippen molar-refractivity contribution in [2.24, 2.45) is 5.92 Å². The smallest absolute Gasteiger partial charge is 0.0894 e. The summed E-state index contributed by atoms with van der Waals surface area (Å²) in [4.78, 5) is 13.6. The van der Waals surface area contributed by atoms with E-state index in [1.54, 1.807) is 0 Å². The lowest BCUT2D eigenvalue weighted by molar-refractivity contribution is 0.660. The number of para-hydroxylation sites is 6. The molecule has 0 fully saturated rings. The summed E-state index contributed by atoms with van der Waals surface area (Å²) in [7, 11) is 0. The summed E-state index contributed by atoms with van der Waals surface area (Å²) in [5, 5.41) is 21.0. The van der Waals surface area contributed by atoms with Crippen molar-refractivity contribution >= 4 is 119 Å². The molecule has 2 heterocycles. The first kappa shape index (κ1) is 63.8. The van der Waals surface area contributed by atoms with Gasteiger partial charge in [0.1, 0.15) is 0 Å². The SMILES string of the molecule is C1=CC2=CC=CC3=CC=CC(=C1)C23.CC1(C)c2ccccc2-c2ccccc21.c1ccc2c(c1)c1ccccc1c1ccccc21.c1ccc2c(c1)ccc1ccccc12.c1ccc2cc3ccccc3cc2c1.c1ccc2nc3ccccc3cc2c1.c1ccc2nc3ccccc3nc2c1. The van der Waals surface area contributed by atoms with Crippen LogP contribution in [0.2, 0.25) is 0 Å². The van der Waals surface area contributed by atoms with Gasteiger partial charge < -0.3 is 0 Å². The van der Waals surface area contributed by atoms with Gasteiger partial charge in [0, 0.05) is 22.1 Å². The zero-order valence-corrected chi connectivity index (χ0v) is 57.0. The van der Waals surface area contributed by atoms with Crippen LogP contribution in [0.25, 0.3) is 130 Å². The van der Waals surface area contributed by atoms with E-state index in [-0.39, 0.29) is 5.41 Å². The Morgan fingerprint density at radius 2 is 0.451 bits per heavy atom. The maximum Gasteiger partial charge on any atom is 0.0894 e. The molecule has 4 aliphatic rings. The Hall–Kier alpha value is -13.0. The van der Waals surface area contributed by atoms with Crippen LogP contribution >= 0.6 is 0 Å². The molecule has 0 N–H and O–H groups in total. The summed E-state index contributed by atoms with van der Waals surface area (Å²) in [5.41, 5.74) is 16.0. The number of rotatable bonds is 0. The van der Waals surface area contributed by atoms with Crippen LogP contribution in [0, 0.1) is 5.92 Å². The number of benzene rings is 16. The highest BCUT2D eigenvalue weighted by atomic mass is 14.8. The Labute approximate surface area is 595 Å². The average Bonchev–Trinajstić information content (AvgIpc) is 1.44. The summed E-state index contributed by atoms with van der Waals surface area (Å²) >= 11 is 0. The summed E-state index contributed by atoms with van der Waals surface area (Å²) < 4.78 is 0. The normalized spacial score (nSPS) is 13.3. The van der Waals surface area contributed by atoms with Gasteiger partial charge in [-0.25, -0.2) is 15.0 Å². The van der Waals surface area contributed by atoms with Crippen molar-refractivity contribution in [3.63, 3.8) is 0 Å². The minimum absolute atomic E-state index is 0.160. The number of hydrogen-bond donors (Lipinski definition) is 0. The molecule has 0 radical (unpaired) electrons. The van der Waals surface area contributed by atoms with Gasteiger partial charge in [0.25, 0.3) is 0 Å². The molecule has 4 aliphatic carbocycles. The van der Waals surface area contributed by atoms with Gasteiger partial charge in [0.05, 0.1) is 33.1 Å². The van der Waals surface area contributed by atoms with Gasteiger partial charge in [0.15, 0.2) is 0 Å². The van der Waals surface area contributed by atoms with Gasteiger partial charge in [-0.1, -0.05) is 360 Å². The van der Waals surface area contributed by atoms with Crippen molar-refractivity contribution in [1.82, 2.24) is 15.0 Å². The van der Waals surface area contributed by atoms with E-state index in [0.29, 0.717) is 5.92 Å². The second-order valence-electron chi connectivity index (χ2n) is 26.5. The molecular formula is C99H73N3. The largest absolute Gasteiger partial charge is 0.248 e. The molecule has 0 atom stereocenters. The molecule has 0 spiro atoms. The van der Waals surface area contributed by atoms with Gasteiger partial charge in [-0.05, 0) is 169 Å². The molecule has 0 saturated carbocycles. The van der Waals surface area contributed by atoms with Gasteiger partial charge in [0.2, 0.25) is 0 Å². The van der Waals surface area contributed by atoms with Crippen LogP contribution in [-0.2, 0) is 5.41 Å². The van der Waals surface area contributed by atoms with Crippen LogP contribution in [-0.4, -0.2) is 15.0 Å². The molecule has 0 bridgehead atoms. The lowest BCUT2D eigenvalue weighted by Crippen LogP contribution is -2.14. The fourth-order valence-corrected chi connectivity index (χ4v) is 14.8. The highest BCUT2D eigenvalue weighted by molar-refractivity contribution is 6.25. The maximum absolute atomic E-state index is 4.58. The van der Waals surface area contributed by atoms with Crippen molar-refractivity contribution in [2.75, 3.05) is 0 Å². The molecule has 3 heteroatoms. The second-order valence-corrected chi connectivity index (χ2v) is 26.5. The van der Waals surface area contributed by atoms with Crippen molar-refractivity contribution in [3.05, 3.63) is 428 Å². The van der Waals surface area contributed by atoms with E-state index in [2.05, 4.69) is 344 Å². The zero-order valence-electron chi connectivity index (χ0n) is 57.0. The first-order valence-electron chi connectivity index (χ1n) is 35.1. The van der Waals surface area contributed by atoms with Crippen LogP contribution in [0.4, 0.5) is 0 Å². The number of aromatic nitrogens is 3. The molecule has 18 aromatic rings. The molecule has 0 amide bonds. The summed E-state index contributed by atoms with van der Waals surface area (Å²) in [6.45, 7) is 4.61. The number of hydrogen-bond acceptors (Lipinski definition) is 3. The summed E-state index contributed by atoms with van der Waals surface area (Å²) in [6.07, 6.45) is 19.6. The predicted octanol–water partition coefficient (Wildman–Crippen LogP) is 26.4. The van der Waals surface area contributed by atoms with Gasteiger partial charge in [-0.15, -0.1) is 0 Å². The molecule has 0 aliphatic heterocycles. The molecule has 0 saturated heterocycles. The van der Waals surface area contributed by atoms with Crippen LogP contribution in [0.1, 0.15) is 25.0 Å². The van der Waals surface area contributed by atoms with Crippen LogP contribution in [0.5, 0.6) is 0 Å². The minimum Gasteiger partial charge on any atom is -0.248 e. The average molecular weight is 1300 g/mol. The third-order valence-corrected chi connectivity index (χ3v) is 19.8. The van der Waals surface area contributed by atoms with E-state index >= 15 is 0 Å². The van der Waals surface area contributed by atoms with Gasteiger partial charge in [-0.3, -0.25) is 0 Å². The molecule has 22 rings (SSSR count). The number of nitrogens with zero attached hydrogens (tertiary/aromatic N) is 3. The molecule has 102 heavy (non-hydrogen) atoms. The fourth-order valence-electron chi connectivity index (χ4n) is 14.8. The summed E-state index contributed by atoms with van der Waals surface area (Å²) in [6, 6.07) is 121. The fraction of sp³-hybridized carbons (Fsp3) is 0.0404. The Morgan fingerprint density at radius 3 is 0.784 bits per heavy atom. The summed E-state index contributed by atoms with van der Waals surface area (Å²) in [5.74, 6) is 0.514. The van der Waals surface area contributed by atoms with Gasteiger partial charge in [-0.2, -0.15) is 0 Å². The molecule has 3 nitrogen and oxygen atoms in total. The molecular weight excluding hydrogens is 1230 g/mol. The standard InChI is InChI=1S/C18H12.C15H14.2C14H10.C13H9N.C13H10.C12H8N2/c1-2-8-14-13(7-1)15-9-3-4-11-17(15)18-12-6-5-10-16(14)18;1-15(2)13-9-5-3-7-11(13)12-8-4-6-10-14(12)15;1-3-7-13-11(5-1)9-10-12-6-2-4-8-14(12)13;1-2-6-12-10-14-8-4-3-7-13(14)9-11(12)5-1;1-3-7-12-10(5-1)9-11-6-2-4-8-13(11)14-12;1-4-10-6-2-8-12-9-3-7-11(5-1)13(10)12;1-2-6-10-9(5-1)13-11-7-3-4-8-12(11)14-10/h1-12H;3-10H,1-2H3;2*1-10H;1-9H;1-9,13H;1-8H. The third-order valence-electron chi connectivity index (χ3n) is 19.8. The maximum atomic E-state index is 4.58. The Bertz CT molecular complexity index is 5390. The predicted molar refractivity (Wildman–Crippen MR) is 437 cm³/mol. The van der Waals surface area contributed by atoms with Crippen molar-refractivity contribution < 1.29 is 0 Å². The molecule has 0 unspecified atom stereocenters. The Morgan fingerprint density at radius 1 is 0.216 bits per heavy atom. The number of allylic oxidation sites excluding steroid dienone is 12. The van der Waals surface area contributed by atoms with Crippen LogP contribution in [0.15, 0.2) is 417 Å². The first-order valence-corrected chi connectivity index (χ1v) is 35.1. The number of fused-ring (bicyclic) bond motifs is 18. The van der Waals surface area contributed by atoms with E-state index in [4.69, 9.17) is 0 Å². The van der Waals surface area contributed by atoms with Crippen molar-refractivity contribution in [1.29, 1.82) is 0 Å². The topological polar surface area (TPSA) is 38.7 Å². The van der Waals surface area contributed by atoms with Gasteiger partial charge >= 0.3 is 0 Å². The van der Waals surface area contributed by atoms with E-state index in [1.807, 2.05) is 84.9 Å². The quantitative estimate of drug-likeness (QED) is 0.112. The van der Waals surface area contributed by atoms with Crippen LogP contribution < -0.4 is 0 Å². The van der Waals surface area contributed by atoms with E-state index in [0.717, 1.165) is 33.1 Å².